The van der Waals surface area contributed by atoms with Crippen LogP contribution in [0, 0.1) is 32.1 Å². The van der Waals surface area contributed by atoms with Crippen molar-refractivity contribution in [1.29, 1.82) is 5.26 Å². The lowest BCUT2D eigenvalue weighted by Crippen LogP contribution is -2.22. The summed E-state index contributed by atoms with van der Waals surface area (Å²) in [5.74, 6) is 0.578. The van der Waals surface area contributed by atoms with Crippen LogP contribution in [0.15, 0.2) is 29.3 Å². The molecule has 0 spiro atoms. The van der Waals surface area contributed by atoms with Gasteiger partial charge in [-0.15, -0.1) is 11.3 Å². The van der Waals surface area contributed by atoms with Crippen molar-refractivity contribution in [3.8, 4) is 6.07 Å². The third-order valence-electron chi connectivity index (χ3n) is 4.02. The number of nitrogens with zero attached hydrogens (tertiary/aromatic N) is 3. The predicted octanol–water partition coefficient (Wildman–Crippen LogP) is 4.61. The van der Waals surface area contributed by atoms with Gasteiger partial charge < -0.3 is 5.32 Å². The van der Waals surface area contributed by atoms with Crippen LogP contribution in [0.3, 0.4) is 0 Å². The van der Waals surface area contributed by atoms with E-state index in [0.717, 1.165) is 15.2 Å². The monoisotopic (exact) mass is 382 g/mol. The van der Waals surface area contributed by atoms with Crippen LogP contribution in [0.25, 0.3) is 10.2 Å². The van der Waals surface area contributed by atoms with E-state index in [0.29, 0.717) is 17.1 Å². The SMILES string of the molecule is Cc1nc(SC(C)C(=O)Nc2cccc(C#N)c2)c2c(C)c(C)sc2n1. The molecule has 0 aliphatic heterocycles. The summed E-state index contributed by atoms with van der Waals surface area (Å²) in [4.78, 5) is 23.8. The van der Waals surface area contributed by atoms with Crippen LogP contribution in [0.4, 0.5) is 5.69 Å². The molecule has 1 aromatic carbocycles. The number of carbonyl (C=O) groups is 1. The largest absolute Gasteiger partial charge is 0.325 e. The maximum absolute atomic E-state index is 12.6. The second kappa shape index (κ2) is 7.44. The zero-order valence-corrected chi connectivity index (χ0v) is 16.6. The molecule has 7 heteroatoms. The lowest BCUT2D eigenvalue weighted by molar-refractivity contribution is -0.115. The standard InChI is InChI=1S/C19H18N4OS2/c1-10-11(2)25-18-16(10)19(22-13(4)21-18)26-12(3)17(24)23-15-7-5-6-14(8-15)9-20/h5-8,12H,1-4H3,(H,23,24). The molecule has 5 nitrogen and oxygen atoms in total. The minimum atomic E-state index is -0.335. The Morgan fingerprint density at radius 1 is 1.31 bits per heavy atom. The second-order valence-corrected chi connectivity index (χ2v) is 8.51. The van der Waals surface area contributed by atoms with E-state index >= 15 is 0 Å². The van der Waals surface area contributed by atoms with Gasteiger partial charge in [0.1, 0.15) is 15.7 Å². The number of thioether (sulfide) groups is 1. The molecule has 3 rings (SSSR count). The first-order valence-electron chi connectivity index (χ1n) is 8.11. The summed E-state index contributed by atoms with van der Waals surface area (Å²) in [7, 11) is 0. The van der Waals surface area contributed by atoms with Crippen LogP contribution in [0.1, 0.15) is 28.8 Å². The van der Waals surface area contributed by atoms with E-state index in [1.165, 1.54) is 22.2 Å². The minimum Gasteiger partial charge on any atom is -0.325 e. The van der Waals surface area contributed by atoms with Gasteiger partial charge in [0.2, 0.25) is 5.91 Å². The molecule has 2 aromatic heterocycles. The Kier molecular flexibility index (Phi) is 5.25. The summed E-state index contributed by atoms with van der Waals surface area (Å²) in [6.45, 7) is 7.86. The average molecular weight is 383 g/mol. The third kappa shape index (κ3) is 3.71. The zero-order chi connectivity index (χ0) is 18.8. The minimum absolute atomic E-state index is 0.126. The highest BCUT2D eigenvalue weighted by atomic mass is 32.2. The lowest BCUT2D eigenvalue weighted by atomic mass is 10.2. The molecule has 0 saturated carbocycles. The average Bonchev–Trinajstić information content (AvgIpc) is 2.88. The van der Waals surface area contributed by atoms with Gasteiger partial charge in [0.25, 0.3) is 0 Å². The van der Waals surface area contributed by atoms with Crippen molar-refractivity contribution in [3.63, 3.8) is 0 Å². The highest BCUT2D eigenvalue weighted by molar-refractivity contribution is 8.00. The first-order chi connectivity index (χ1) is 12.4. The Bertz CT molecular complexity index is 1040. The number of hydrogen-bond donors (Lipinski definition) is 1. The van der Waals surface area contributed by atoms with Gasteiger partial charge >= 0.3 is 0 Å². The van der Waals surface area contributed by atoms with Crippen LogP contribution in [0.5, 0.6) is 0 Å². The molecule has 0 fully saturated rings. The number of anilines is 1. The first kappa shape index (κ1) is 18.4. The molecule has 0 radical (unpaired) electrons. The number of nitriles is 1. The number of thiophene rings is 1. The molecular formula is C19H18N4OS2. The smallest absolute Gasteiger partial charge is 0.237 e. The third-order valence-corrected chi connectivity index (χ3v) is 6.21. The van der Waals surface area contributed by atoms with E-state index in [4.69, 9.17) is 5.26 Å². The Morgan fingerprint density at radius 3 is 2.81 bits per heavy atom. The summed E-state index contributed by atoms with van der Waals surface area (Å²) in [6, 6.07) is 8.96. The number of amides is 1. The van der Waals surface area contributed by atoms with Crippen LogP contribution in [-0.4, -0.2) is 21.1 Å². The van der Waals surface area contributed by atoms with Gasteiger partial charge in [-0.2, -0.15) is 5.26 Å². The highest BCUT2D eigenvalue weighted by Crippen LogP contribution is 2.36. The number of nitrogens with one attached hydrogen (secondary N) is 1. The number of carbonyl (C=O) groups excluding carboxylic acids is 1. The Hall–Kier alpha value is -2.43. The highest BCUT2D eigenvalue weighted by Gasteiger charge is 2.20. The van der Waals surface area contributed by atoms with E-state index in [1.807, 2.05) is 13.8 Å². The number of benzene rings is 1. The fourth-order valence-corrected chi connectivity index (χ4v) is 4.72. The Morgan fingerprint density at radius 2 is 2.08 bits per heavy atom. The summed E-state index contributed by atoms with van der Waals surface area (Å²) in [5, 5.41) is 13.4. The number of aryl methyl sites for hydroxylation is 3. The predicted molar refractivity (Wildman–Crippen MR) is 107 cm³/mol. The van der Waals surface area contributed by atoms with E-state index in [1.54, 1.807) is 35.6 Å². The van der Waals surface area contributed by atoms with Crippen molar-refractivity contribution in [1.82, 2.24) is 9.97 Å². The molecule has 0 saturated heterocycles. The summed E-state index contributed by atoms with van der Waals surface area (Å²) >= 11 is 3.08. The van der Waals surface area contributed by atoms with E-state index in [2.05, 4.69) is 35.2 Å². The summed E-state index contributed by atoms with van der Waals surface area (Å²) in [5.41, 5.74) is 2.30. The summed E-state index contributed by atoms with van der Waals surface area (Å²) < 4.78 is 0. The van der Waals surface area contributed by atoms with Crippen LogP contribution in [-0.2, 0) is 4.79 Å². The summed E-state index contributed by atoms with van der Waals surface area (Å²) in [6.07, 6.45) is 0. The molecule has 132 valence electrons. The molecule has 26 heavy (non-hydrogen) atoms. The molecule has 1 unspecified atom stereocenters. The number of hydrogen-bond acceptors (Lipinski definition) is 6. The zero-order valence-electron chi connectivity index (χ0n) is 15.0. The van der Waals surface area contributed by atoms with Crippen molar-refractivity contribution in [2.75, 3.05) is 5.32 Å². The van der Waals surface area contributed by atoms with Crippen molar-refractivity contribution >= 4 is 44.9 Å². The van der Waals surface area contributed by atoms with E-state index < -0.39 is 0 Å². The molecule has 0 aliphatic carbocycles. The molecule has 0 aliphatic rings. The molecule has 1 atom stereocenters. The van der Waals surface area contributed by atoms with Gasteiger partial charge in [0, 0.05) is 16.0 Å². The topological polar surface area (TPSA) is 78.7 Å². The number of fused-ring (bicyclic) bond motifs is 1. The quantitative estimate of drug-likeness (QED) is 0.527. The van der Waals surface area contributed by atoms with Gasteiger partial charge in [-0.1, -0.05) is 17.8 Å². The number of rotatable bonds is 4. The second-order valence-electron chi connectivity index (χ2n) is 5.98. The van der Waals surface area contributed by atoms with Gasteiger partial charge in [-0.05, 0) is 51.5 Å². The molecule has 1 amide bonds. The lowest BCUT2D eigenvalue weighted by Gasteiger charge is -2.13. The van der Waals surface area contributed by atoms with Crippen LogP contribution >= 0.6 is 23.1 Å². The Balaban J connectivity index is 1.83. The van der Waals surface area contributed by atoms with E-state index in [-0.39, 0.29) is 11.2 Å². The molecule has 0 bridgehead atoms. The van der Waals surface area contributed by atoms with Crippen molar-refractivity contribution in [2.24, 2.45) is 0 Å². The fraction of sp³-hybridized carbons (Fsp3) is 0.263. The van der Waals surface area contributed by atoms with Crippen LogP contribution in [0.2, 0.25) is 0 Å². The van der Waals surface area contributed by atoms with Crippen molar-refractivity contribution in [3.05, 3.63) is 46.1 Å². The van der Waals surface area contributed by atoms with Gasteiger partial charge in [0.15, 0.2) is 0 Å². The van der Waals surface area contributed by atoms with Crippen molar-refractivity contribution < 1.29 is 4.79 Å². The van der Waals surface area contributed by atoms with Gasteiger partial charge in [-0.25, -0.2) is 9.97 Å². The molecular weight excluding hydrogens is 364 g/mol. The Labute approximate surface area is 160 Å². The number of aromatic nitrogens is 2. The maximum atomic E-state index is 12.6. The van der Waals surface area contributed by atoms with E-state index in [9.17, 15) is 4.79 Å². The van der Waals surface area contributed by atoms with Crippen LogP contribution < -0.4 is 5.32 Å². The fourth-order valence-electron chi connectivity index (χ4n) is 2.53. The maximum Gasteiger partial charge on any atom is 0.237 e. The first-order valence-corrected chi connectivity index (χ1v) is 9.80. The normalized spacial score (nSPS) is 12.0. The molecule has 2 heterocycles. The molecule has 3 aromatic rings. The van der Waals surface area contributed by atoms with Gasteiger partial charge in [-0.3, -0.25) is 4.79 Å². The van der Waals surface area contributed by atoms with Gasteiger partial charge in [0.05, 0.1) is 16.9 Å². The molecule has 1 N–H and O–H groups in total. The van der Waals surface area contributed by atoms with Crippen molar-refractivity contribution in [2.45, 2.75) is 38.0 Å².